The zero-order valence-electron chi connectivity index (χ0n) is 14.4. The molecule has 134 valence electrons. The van der Waals surface area contributed by atoms with Gasteiger partial charge in [0.2, 0.25) is 0 Å². The van der Waals surface area contributed by atoms with Gasteiger partial charge < -0.3 is 9.47 Å². The normalized spacial score (nSPS) is 17.5. The lowest BCUT2D eigenvalue weighted by Crippen LogP contribution is -2.38. The topological polar surface area (TPSA) is 59.1 Å². The van der Waals surface area contributed by atoms with Crippen molar-refractivity contribution in [1.82, 2.24) is 4.90 Å². The van der Waals surface area contributed by atoms with Crippen LogP contribution in [0.3, 0.4) is 0 Å². The minimum atomic E-state index is -0.295. The Morgan fingerprint density at radius 3 is 2.31 bits per heavy atom. The molecule has 6 heteroatoms. The van der Waals surface area contributed by atoms with Crippen molar-refractivity contribution < 1.29 is 19.1 Å². The molecule has 1 saturated heterocycles. The van der Waals surface area contributed by atoms with E-state index in [9.17, 15) is 9.59 Å². The number of carbonyl (C=O) groups is 2. The zero-order valence-corrected chi connectivity index (χ0v) is 14.4. The van der Waals surface area contributed by atoms with Gasteiger partial charge in [0, 0.05) is 25.7 Å². The van der Waals surface area contributed by atoms with Crippen LogP contribution in [-0.2, 0) is 4.74 Å². The van der Waals surface area contributed by atoms with E-state index in [1.54, 1.807) is 42.5 Å². The molecule has 2 heterocycles. The van der Waals surface area contributed by atoms with Gasteiger partial charge in [0.15, 0.2) is 0 Å². The van der Waals surface area contributed by atoms with E-state index in [1.165, 1.54) is 4.90 Å². The Morgan fingerprint density at radius 1 is 0.923 bits per heavy atom. The van der Waals surface area contributed by atoms with Gasteiger partial charge in [-0.1, -0.05) is 18.2 Å². The lowest BCUT2D eigenvalue weighted by atomic mass is 10.1. The second-order valence-corrected chi connectivity index (χ2v) is 6.29. The minimum Gasteiger partial charge on any atom is -0.492 e. The van der Waals surface area contributed by atoms with Gasteiger partial charge >= 0.3 is 0 Å². The number of rotatable bonds is 5. The molecule has 6 nitrogen and oxygen atoms in total. The fourth-order valence-electron chi connectivity index (χ4n) is 3.25. The number of amides is 2. The molecule has 0 saturated carbocycles. The van der Waals surface area contributed by atoms with Crippen LogP contribution in [0.5, 0.6) is 5.75 Å². The summed E-state index contributed by atoms with van der Waals surface area (Å²) in [6, 6.07) is 14.0. The quantitative estimate of drug-likeness (QED) is 0.772. The number of nitrogens with zero attached hydrogens (tertiary/aromatic N) is 2. The summed E-state index contributed by atoms with van der Waals surface area (Å²) in [5.74, 6) is 0.0550. The highest BCUT2D eigenvalue weighted by atomic mass is 16.5. The highest BCUT2D eigenvalue weighted by molar-refractivity contribution is 6.34. The molecule has 1 fully saturated rings. The molecule has 0 atom stereocenters. The Bertz CT molecular complexity index is 795. The van der Waals surface area contributed by atoms with Crippen molar-refractivity contribution in [1.29, 1.82) is 0 Å². The molecule has 0 radical (unpaired) electrons. The fraction of sp³-hybridized carbons (Fsp3) is 0.300. The van der Waals surface area contributed by atoms with Gasteiger partial charge in [-0.3, -0.25) is 14.5 Å². The molecule has 0 aromatic heterocycles. The van der Waals surface area contributed by atoms with Gasteiger partial charge in [0.25, 0.3) is 11.8 Å². The second-order valence-electron chi connectivity index (χ2n) is 6.29. The van der Waals surface area contributed by atoms with E-state index >= 15 is 0 Å². The first-order valence-electron chi connectivity index (χ1n) is 8.75. The number of hydrogen-bond acceptors (Lipinski definition) is 5. The number of benzene rings is 2. The minimum absolute atomic E-state index is 0.295. The average molecular weight is 352 g/mol. The number of morpholine rings is 1. The predicted octanol–water partition coefficient (Wildman–Crippen LogP) is 2.20. The van der Waals surface area contributed by atoms with E-state index in [-0.39, 0.29) is 11.8 Å². The van der Waals surface area contributed by atoms with E-state index in [0.29, 0.717) is 29.2 Å². The molecule has 0 unspecified atom stereocenters. The molecule has 2 aromatic rings. The summed E-state index contributed by atoms with van der Waals surface area (Å²) >= 11 is 0. The zero-order chi connectivity index (χ0) is 17.9. The molecule has 26 heavy (non-hydrogen) atoms. The van der Waals surface area contributed by atoms with Crippen LogP contribution in [0.4, 0.5) is 5.69 Å². The first kappa shape index (κ1) is 16.8. The summed E-state index contributed by atoms with van der Waals surface area (Å²) in [5, 5.41) is 0. The van der Waals surface area contributed by atoms with Gasteiger partial charge in [-0.05, 0) is 24.3 Å². The van der Waals surface area contributed by atoms with E-state index in [1.807, 2.05) is 6.07 Å². The maximum atomic E-state index is 12.6. The Hall–Kier alpha value is -2.70. The van der Waals surface area contributed by atoms with Gasteiger partial charge in [-0.25, -0.2) is 4.90 Å². The fourth-order valence-corrected chi connectivity index (χ4v) is 3.25. The van der Waals surface area contributed by atoms with Crippen molar-refractivity contribution >= 4 is 17.5 Å². The van der Waals surface area contributed by atoms with Gasteiger partial charge in [0.1, 0.15) is 12.4 Å². The molecule has 2 aliphatic rings. The van der Waals surface area contributed by atoms with Crippen molar-refractivity contribution in [2.75, 3.05) is 44.4 Å². The Kier molecular flexibility index (Phi) is 4.69. The molecule has 0 aliphatic carbocycles. The van der Waals surface area contributed by atoms with Crippen LogP contribution in [0.1, 0.15) is 20.7 Å². The summed E-state index contributed by atoms with van der Waals surface area (Å²) in [4.78, 5) is 28.7. The van der Waals surface area contributed by atoms with Crippen LogP contribution < -0.4 is 9.64 Å². The van der Waals surface area contributed by atoms with E-state index in [4.69, 9.17) is 9.47 Å². The maximum absolute atomic E-state index is 12.6. The Morgan fingerprint density at radius 2 is 1.62 bits per heavy atom. The molecular weight excluding hydrogens is 332 g/mol. The van der Waals surface area contributed by atoms with E-state index in [0.717, 1.165) is 32.8 Å². The number of hydrogen-bond donors (Lipinski definition) is 0. The summed E-state index contributed by atoms with van der Waals surface area (Å²) in [5.41, 5.74) is 1.41. The third-order valence-electron chi connectivity index (χ3n) is 4.65. The van der Waals surface area contributed by atoms with Crippen molar-refractivity contribution in [3.8, 4) is 5.75 Å². The van der Waals surface area contributed by atoms with Gasteiger partial charge in [0.05, 0.1) is 30.0 Å². The van der Waals surface area contributed by atoms with E-state index < -0.39 is 0 Å². The average Bonchev–Trinajstić information content (AvgIpc) is 2.94. The van der Waals surface area contributed by atoms with Crippen LogP contribution in [0.2, 0.25) is 0 Å². The van der Waals surface area contributed by atoms with Crippen molar-refractivity contribution in [2.24, 2.45) is 0 Å². The highest BCUT2D eigenvalue weighted by Gasteiger charge is 2.36. The van der Waals surface area contributed by atoms with Crippen LogP contribution in [-0.4, -0.2) is 56.2 Å². The Labute approximate surface area is 151 Å². The molecule has 2 aromatic carbocycles. The second kappa shape index (κ2) is 7.27. The standard InChI is InChI=1S/C20H20N2O4/c23-19-17-6-1-2-7-18(17)20(24)22(19)15-4-3-5-16(14-15)26-13-10-21-8-11-25-12-9-21/h1-7,14H,8-13H2. The van der Waals surface area contributed by atoms with Crippen molar-refractivity contribution in [3.63, 3.8) is 0 Å². The van der Waals surface area contributed by atoms with Gasteiger partial charge in [-0.15, -0.1) is 0 Å². The Balaban J connectivity index is 1.45. The van der Waals surface area contributed by atoms with Crippen LogP contribution >= 0.6 is 0 Å². The molecule has 2 amide bonds. The summed E-state index contributed by atoms with van der Waals surface area (Å²) < 4.78 is 11.2. The lowest BCUT2D eigenvalue weighted by molar-refractivity contribution is 0.0322. The smallest absolute Gasteiger partial charge is 0.266 e. The molecule has 4 rings (SSSR count). The van der Waals surface area contributed by atoms with Crippen LogP contribution in [0, 0.1) is 0 Å². The summed E-state index contributed by atoms with van der Waals surface area (Å²) in [6.07, 6.45) is 0. The monoisotopic (exact) mass is 352 g/mol. The molecule has 0 bridgehead atoms. The third kappa shape index (κ3) is 3.21. The summed E-state index contributed by atoms with van der Waals surface area (Å²) in [7, 11) is 0. The lowest BCUT2D eigenvalue weighted by Gasteiger charge is -2.26. The molecule has 0 N–H and O–H groups in total. The van der Waals surface area contributed by atoms with Gasteiger partial charge in [-0.2, -0.15) is 0 Å². The molecule has 2 aliphatic heterocycles. The van der Waals surface area contributed by atoms with E-state index in [2.05, 4.69) is 4.90 Å². The van der Waals surface area contributed by atoms with Crippen molar-refractivity contribution in [3.05, 3.63) is 59.7 Å². The first-order chi connectivity index (χ1) is 12.7. The SMILES string of the molecule is O=C1c2ccccc2C(=O)N1c1cccc(OCCN2CCOCC2)c1. The maximum Gasteiger partial charge on any atom is 0.266 e. The first-order valence-corrected chi connectivity index (χ1v) is 8.75. The predicted molar refractivity (Wildman–Crippen MR) is 96.8 cm³/mol. The van der Waals surface area contributed by atoms with Crippen molar-refractivity contribution in [2.45, 2.75) is 0 Å². The number of anilines is 1. The van der Waals surface area contributed by atoms with Crippen LogP contribution in [0.15, 0.2) is 48.5 Å². The number of imide groups is 1. The highest BCUT2D eigenvalue weighted by Crippen LogP contribution is 2.30. The van der Waals surface area contributed by atoms with Crippen LogP contribution in [0.25, 0.3) is 0 Å². The largest absolute Gasteiger partial charge is 0.492 e. The summed E-state index contributed by atoms with van der Waals surface area (Å²) in [6.45, 7) is 4.72. The third-order valence-corrected chi connectivity index (χ3v) is 4.65. The molecular formula is C20H20N2O4. The number of carbonyl (C=O) groups excluding carboxylic acids is 2. The number of ether oxygens (including phenoxy) is 2. The number of fused-ring (bicyclic) bond motifs is 1. The molecule has 0 spiro atoms.